The lowest BCUT2D eigenvalue weighted by Gasteiger charge is -2.28. The number of hydrogen-bond acceptors (Lipinski definition) is 5. The first-order chi connectivity index (χ1) is 13.0. The molecule has 0 radical (unpaired) electrons. The Bertz CT molecular complexity index is 1040. The van der Waals surface area contributed by atoms with E-state index in [-0.39, 0.29) is 11.3 Å². The number of aromatic nitrogens is 2. The summed E-state index contributed by atoms with van der Waals surface area (Å²) in [6.07, 6.45) is 0.702. The van der Waals surface area contributed by atoms with Gasteiger partial charge in [0.25, 0.3) is 5.56 Å². The maximum Gasteiger partial charge on any atom is 0.255 e. The minimum absolute atomic E-state index is 0.106. The number of phenolic OH excluding ortho intramolecular Hbond substituents is 1. The highest BCUT2D eigenvalue weighted by atomic mass is 16.3. The van der Waals surface area contributed by atoms with Gasteiger partial charge in [-0.05, 0) is 37.3 Å². The van der Waals surface area contributed by atoms with Crippen LogP contribution in [0.4, 0.5) is 5.69 Å². The van der Waals surface area contributed by atoms with Crippen LogP contribution in [0.2, 0.25) is 0 Å². The summed E-state index contributed by atoms with van der Waals surface area (Å²) in [5.74, 6) is 0.862. The second-order valence-corrected chi connectivity index (χ2v) is 7.05. The molecule has 1 aromatic heterocycles. The van der Waals surface area contributed by atoms with E-state index < -0.39 is 0 Å². The van der Waals surface area contributed by atoms with Crippen LogP contribution >= 0.6 is 0 Å². The van der Waals surface area contributed by atoms with Crippen LogP contribution in [-0.2, 0) is 19.5 Å². The highest BCUT2D eigenvalue weighted by molar-refractivity contribution is 5.58. The Balaban J connectivity index is 1.59. The van der Waals surface area contributed by atoms with Crippen LogP contribution in [0.5, 0.6) is 5.75 Å². The second kappa shape index (κ2) is 6.89. The van der Waals surface area contributed by atoms with Gasteiger partial charge in [-0.1, -0.05) is 17.7 Å². The Morgan fingerprint density at radius 2 is 2.00 bits per heavy atom. The largest absolute Gasteiger partial charge is 0.508 e. The van der Waals surface area contributed by atoms with Crippen LogP contribution in [0.3, 0.4) is 0 Å². The molecule has 0 saturated heterocycles. The number of nitrogen functional groups attached to an aromatic ring is 1. The zero-order chi connectivity index (χ0) is 19.0. The molecule has 0 aliphatic carbocycles. The van der Waals surface area contributed by atoms with E-state index in [1.807, 2.05) is 31.2 Å². The Morgan fingerprint density at radius 1 is 1.22 bits per heavy atom. The molecule has 2 aromatic carbocycles. The van der Waals surface area contributed by atoms with Crippen LogP contribution in [0, 0.1) is 6.92 Å². The number of aryl methyl sites for hydroxylation is 1. The van der Waals surface area contributed by atoms with Gasteiger partial charge in [0.1, 0.15) is 11.6 Å². The van der Waals surface area contributed by atoms with Gasteiger partial charge in [0.05, 0.1) is 11.3 Å². The fourth-order valence-corrected chi connectivity index (χ4v) is 3.48. The van der Waals surface area contributed by atoms with Crippen LogP contribution < -0.4 is 11.3 Å². The van der Waals surface area contributed by atoms with Crippen molar-refractivity contribution in [1.29, 1.82) is 0 Å². The van der Waals surface area contributed by atoms with Crippen molar-refractivity contribution in [3.05, 3.63) is 75.2 Å². The number of fused-ring (bicyclic) bond motifs is 1. The van der Waals surface area contributed by atoms with Gasteiger partial charge in [0.2, 0.25) is 0 Å². The predicted octanol–water partition coefficient (Wildman–Crippen LogP) is 2.59. The van der Waals surface area contributed by atoms with Crippen LogP contribution in [0.15, 0.2) is 47.3 Å². The van der Waals surface area contributed by atoms with E-state index in [4.69, 9.17) is 5.73 Å². The van der Waals surface area contributed by atoms with Gasteiger partial charge in [-0.3, -0.25) is 9.69 Å². The normalized spacial score (nSPS) is 14.1. The van der Waals surface area contributed by atoms with E-state index in [1.165, 1.54) is 0 Å². The number of nitrogens with one attached hydrogen (secondary N) is 1. The molecule has 2 heterocycles. The molecule has 0 saturated carbocycles. The zero-order valence-corrected chi connectivity index (χ0v) is 15.2. The number of aromatic hydroxyl groups is 1. The Hall–Kier alpha value is -3.12. The van der Waals surface area contributed by atoms with Gasteiger partial charge in [-0.2, -0.15) is 0 Å². The average Bonchev–Trinajstić information content (AvgIpc) is 2.65. The van der Waals surface area contributed by atoms with Gasteiger partial charge in [-0.15, -0.1) is 0 Å². The van der Waals surface area contributed by atoms with Gasteiger partial charge in [-0.25, -0.2) is 4.98 Å². The molecule has 6 nitrogen and oxygen atoms in total. The smallest absolute Gasteiger partial charge is 0.255 e. The van der Waals surface area contributed by atoms with Crippen molar-refractivity contribution < 1.29 is 5.11 Å². The number of hydrogen-bond donors (Lipinski definition) is 3. The molecule has 6 heteroatoms. The molecule has 0 fully saturated rings. The minimum Gasteiger partial charge on any atom is -0.508 e. The van der Waals surface area contributed by atoms with Crippen molar-refractivity contribution in [3.8, 4) is 17.1 Å². The number of nitrogens with two attached hydrogens (primary N) is 1. The third-order valence-corrected chi connectivity index (χ3v) is 4.96. The van der Waals surface area contributed by atoms with Crippen LogP contribution in [0.25, 0.3) is 11.4 Å². The minimum atomic E-state index is -0.106. The van der Waals surface area contributed by atoms with E-state index in [0.717, 1.165) is 28.9 Å². The first-order valence-electron chi connectivity index (χ1n) is 8.98. The lowest BCUT2D eigenvalue weighted by Crippen LogP contribution is -2.35. The number of phenols is 1. The highest BCUT2D eigenvalue weighted by Gasteiger charge is 2.22. The number of anilines is 1. The number of H-pyrrole nitrogens is 1. The third-order valence-electron chi connectivity index (χ3n) is 4.96. The third kappa shape index (κ3) is 3.57. The summed E-state index contributed by atoms with van der Waals surface area (Å²) in [6, 6.07) is 12.9. The number of nitrogens with zero attached hydrogens (tertiary/aromatic N) is 2. The van der Waals surface area contributed by atoms with Crippen molar-refractivity contribution in [2.75, 3.05) is 12.3 Å². The van der Waals surface area contributed by atoms with Crippen LogP contribution in [-0.4, -0.2) is 26.5 Å². The first-order valence-corrected chi connectivity index (χ1v) is 8.98. The molecule has 1 aliphatic rings. The van der Waals surface area contributed by atoms with Crippen molar-refractivity contribution in [2.45, 2.75) is 26.4 Å². The quantitative estimate of drug-likeness (QED) is 0.623. The summed E-state index contributed by atoms with van der Waals surface area (Å²) in [5, 5.41) is 10.1. The maximum absolute atomic E-state index is 12.6. The highest BCUT2D eigenvalue weighted by Crippen LogP contribution is 2.24. The Kier molecular flexibility index (Phi) is 4.41. The number of benzene rings is 2. The van der Waals surface area contributed by atoms with Gasteiger partial charge in [0.15, 0.2) is 0 Å². The molecule has 0 atom stereocenters. The van der Waals surface area contributed by atoms with E-state index in [9.17, 15) is 9.90 Å². The molecule has 0 amide bonds. The predicted molar refractivity (Wildman–Crippen MR) is 105 cm³/mol. The summed E-state index contributed by atoms with van der Waals surface area (Å²) in [5.41, 5.74) is 10.7. The summed E-state index contributed by atoms with van der Waals surface area (Å²) in [4.78, 5) is 22.4. The molecule has 0 unspecified atom stereocenters. The SMILES string of the molecule is Cc1ccc(O)c(CN2CCc3nc(-c4ccc(N)cc4)[nH]c(=O)c3C2)c1. The van der Waals surface area contributed by atoms with Crippen molar-refractivity contribution in [2.24, 2.45) is 0 Å². The van der Waals surface area contributed by atoms with Crippen LogP contribution in [0.1, 0.15) is 22.4 Å². The molecule has 27 heavy (non-hydrogen) atoms. The lowest BCUT2D eigenvalue weighted by atomic mass is 10.0. The molecule has 138 valence electrons. The number of rotatable bonds is 3. The Labute approximate surface area is 157 Å². The molecule has 1 aliphatic heterocycles. The number of aromatic amines is 1. The molecule has 0 bridgehead atoms. The fraction of sp³-hybridized carbons (Fsp3) is 0.238. The molecule has 4 rings (SSSR count). The summed E-state index contributed by atoms with van der Waals surface area (Å²) in [7, 11) is 0. The maximum atomic E-state index is 12.6. The van der Waals surface area contributed by atoms with Crippen molar-refractivity contribution in [1.82, 2.24) is 14.9 Å². The average molecular weight is 362 g/mol. The summed E-state index contributed by atoms with van der Waals surface area (Å²) >= 11 is 0. The lowest BCUT2D eigenvalue weighted by molar-refractivity contribution is 0.238. The molecule has 3 aromatic rings. The van der Waals surface area contributed by atoms with Gasteiger partial charge in [0, 0.05) is 42.9 Å². The zero-order valence-electron chi connectivity index (χ0n) is 15.2. The van der Waals surface area contributed by atoms with E-state index in [1.54, 1.807) is 18.2 Å². The first kappa shape index (κ1) is 17.3. The molecular formula is C21H22N4O2. The van der Waals surface area contributed by atoms with Crippen molar-refractivity contribution in [3.63, 3.8) is 0 Å². The molecular weight excluding hydrogens is 340 g/mol. The second-order valence-electron chi connectivity index (χ2n) is 7.05. The van der Waals surface area contributed by atoms with Gasteiger partial charge >= 0.3 is 0 Å². The molecule has 4 N–H and O–H groups in total. The summed E-state index contributed by atoms with van der Waals surface area (Å²) in [6.45, 7) is 3.92. The molecule has 0 spiro atoms. The van der Waals surface area contributed by atoms with E-state index in [2.05, 4.69) is 14.9 Å². The standard InChI is InChI=1S/C21H22N4O2/c1-13-2-7-19(26)15(10-13)11-25-9-8-18-17(12-25)21(27)24-20(23-18)14-3-5-16(22)6-4-14/h2-7,10,26H,8-9,11-12,22H2,1H3,(H,23,24,27). The van der Waals surface area contributed by atoms with Gasteiger partial charge < -0.3 is 15.8 Å². The van der Waals surface area contributed by atoms with Crippen molar-refractivity contribution >= 4 is 5.69 Å². The van der Waals surface area contributed by atoms with E-state index >= 15 is 0 Å². The van der Waals surface area contributed by atoms with E-state index in [0.29, 0.717) is 36.6 Å². The Morgan fingerprint density at radius 3 is 2.78 bits per heavy atom. The topological polar surface area (TPSA) is 95.2 Å². The summed E-state index contributed by atoms with van der Waals surface area (Å²) < 4.78 is 0. The monoisotopic (exact) mass is 362 g/mol. The fourth-order valence-electron chi connectivity index (χ4n) is 3.48.